The summed E-state index contributed by atoms with van der Waals surface area (Å²) in [5.41, 5.74) is 10.2. The van der Waals surface area contributed by atoms with Crippen molar-refractivity contribution in [2.45, 2.75) is 20.3 Å². The van der Waals surface area contributed by atoms with Gasteiger partial charge in [0, 0.05) is 13.1 Å². The number of nitrogens with zero attached hydrogens (tertiary/aromatic N) is 1. The second-order valence-corrected chi connectivity index (χ2v) is 7.72. The fourth-order valence-electron chi connectivity index (χ4n) is 3.75. The summed E-state index contributed by atoms with van der Waals surface area (Å²) in [4.78, 5) is 55.8. The number of nitrogens with one attached hydrogen (secondary N) is 1. The van der Waals surface area contributed by atoms with Gasteiger partial charge in [-0.15, -0.1) is 0 Å². The van der Waals surface area contributed by atoms with Gasteiger partial charge in [-0.25, -0.2) is 15.1 Å². The summed E-state index contributed by atoms with van der Waals surface area (Å²) in [5, 5.41) is 0. The molecule has 0 unspecified atom stereocenters. The molecule has 0 saturated carbocycles. The fraction of sp³-hybridized carbons (Fsp3) is 0.417. The Labute approximate surface area is 202 Å². The molecule has 11 heteroatoms. The first-order valence-electron chi connectivity index (χ1n) is 11.3. The second-order valence-electron chi connectivity index (χ2n) is 7.72. The maximum atomic E-state index is 12.6. The second kappa shape index (κ2) is 12.1. The lowest BCUT2D eigenvalue weighted by Gasteiger charge is -2.25. The van der Waals surface area contributed by atoms with Gasteiger partial charge in [-0.3, -0.25) is 19.3 Å². The number of rotatable bonds is 10. The molecule has 0 atom stereocenters. The van der Waals surface area contributed by atoms with Crippen LogP contribution in [0.25, 0.3) is 11.1 Å². The number of amides is 1. The predicted octanol–water partition coefficient (Wildman–Crippen LogP) is 1.18. The summed E-state index contributed by atoms with van der Waals surface area (Å²) in [7, 11) is 0. The van der Waals surface area contributed by atoms with Crippen LogP contribution in [0.5, 0.6) is 0 Å². The Bertz CT molecular complexity index is 1020. The van der Waals surface area contributed by atoms with Crippen LogP contribution in [0.15, 0.2) is 24.3 Å². The van der Waals surface area contributed by atoms with Crippen molar-refractivity contribution >= 4 is 29.5 Å². The lowest BCUT2D eigenvalue weighted by atomic mass is 10.1. The van der Waals surface area contributed by atoms with Crippen molar-refractivity contribution in [2.75, 3.05) is 51.8 Å². The molecule has 3 aliphatic rings. The number of carbonyl (C=O) groups excluding carboxylic acids is 4. The Kier molecular flexibility index (Phi) is 8.98. The van der Waals surface area contributed by atoms with Crippen LogP contribution in [0.2, 0.25) is 0 Å². The summed E-state index contributed by atoms with van der Waals surface area (Å²) < 4.78 is 15.1. The van der Waals surface area contributed by atoms with Crippen LogP contribution in [0.1, 0.15) is 40.1 Å². The Morgan fingerprint density at radius 1 is 1.03 bits per heavy atom. The Morgan fingerprint density at radius 3 is 2.17 bits per heavy atom. The van der Waals surface area contributed by atoms with E-state index in [1.165, 1.54) is 0 Å². The minimum atomic E-state index is -0.647. The van der Waals surface area contributed by atoms with E-state index in [-0.39, 0.29) is 61.5 Å². The number of carbonyl (C=O) groups is 4. The van der Waals surface area contributed by atoms with Gasteiger partial charge in [-0.05, 0) is 30.5 Å². The van der Waals surface area contributed by atoms with Crippen LogP contribution < -0.4 is 11.2 Å². The SMILES string of the molecule is CCOC(=O)c1c2ccc(CC(=O)NOCCN3CCOC(=O)C3)ccc-2c(C(=O)OCC)c1N. The smallest absolute Gasteiger partial charge is 0.340 e. The molecule has 1 fully saturated rings. The number of nitrogen functional groups attached to an aromatic ring is 1. The van der Waals surface area contributed by atoms with Crippen LogP contribution in [0, 0.1) is 0 Å². The third-order valence-corrected chi connectivity index (χ3v) is 5.34. The summed E-state index contributed by atoms with van der Waals surface area (Å²) in [5.74, 6) is -1.96. The summed E-state index contributed by atoms with van der Waals surface area (Å²) in [6, 6.07) is 6.58. The van der Waals surface area contributed by atoms with E-state index in [0.717, 1.165) is 0 Å². The van der Waals surface area contributed by atoms with Crippen molar-refractivity contribution in [3.63, 3.8) is 0 Å². The van der Waals surface area contributed by atoms with Crippen molar-refractivity contribution in [1.82, 2.24) is 10.4 Å². The van der Waals surface area contributed by atoms with Crippen molar-refractivity contribution in [1.29, 1.82) is 0 Å². The molecule has 0 aromatic rings. The molecular weight excluding hydrogens is 458 g/mol. The molecule has 188 valence electrons. The average Bonchev–Trinajstić information content (AvgIpc) is 2.95. The first-order chi connectivity index (χ1) is 16.8. The van der Waals surface area contributed by atoms with Gasteiger partial charge in [0.15, 0.2) is 0 Å². The summed E-state index contributed by atoms with van der Waals surface area (Å²) >= 11 is 0. The lowest BCUT2D eigenvalue weighted by molar-refractivity contribution is -0.151. The molecule has 0 aromatic heterocycles. The Morgan fingerprint density at radius 2 is 1.63 bits per heavy atom. The molecule has 0 spiro atoms. The quantitative estimate of drug-likeness (QED) is 0.217. The number of morpholine rings is 1. The van der Waals surface area contributed by atoms with Gasteiger partial charge < -0.3 is 19.9 Å². The zero-order chi connectivity index (χ0) is 25.4. The normalized spacial score (nSPS) is 13.8. The predicted molar refractivity (Wildman–Crippen MR) is 125 cm³/mol. The Hall–Kier alpha value is -3.70. The number of cyclic esters (lactones) is 1. The van der Waals surface area contributed by atoms with E-state index in [1.54, 1.807) is 38.1 Å². The minimum Gasteiger partial charge on any atom is -0.463 e. The molecule has 0 aromatic carbocycles. The van der Waals surface area contributed by atoms with Crippen LogP contribution in [-0.4, -0.2) is 74.8 Å². The highest BCUT2D eigenvalue weighted by atomic mass is 16.7. The maximum absolute atomic E-state index is 12.6. The van der Waals surface area contributed by atoms with Gasteiger partial charge >= 0.3 is 17.9 Å². The number of hydroxylamine groups is 1. The van der Waals surface area contributed by atoms with E-state index in [2.05, 4.69) is 5.48 Å². The van der Waals surface area contributed by atoms with Gasteiger partial charge in [0.1, 0.15) is 6.61 Å². The molecule has 1 saturated heterocycles. The largest absolute Gasteiger partial charge is 0.463 e. The number of hydrogen-bond donors (Lipinski definition) is 2. The fourth-order valence-corrected chi connectivity index (χ4v) is 3.75. The van der Waals surface area contributed by atoms with E-state index in [4.69, 9.17) is 24.8 Å². The zero-order valence-electron chi connectivity index (χ0n) is 19.8. The van der Waals surface area contributed by atoms with Gasteiger partial charge in [-0.2, -0.15) is 0 Å². The minimum absolute atomic E-state index is 0.00207. The first-order valence-corrected chi connectivity index (χ1v) is 11.3. The highest BCUT2D eigenvalue weighted by Crippen LogP contribution is 2.39. The van der Waals surface area contributed by atoms with E-state index in [1.807, 2.05) is 4.90 Å². The number of hydrogen-bond acceptors (Lipinski definition) is 10. The molecule has 11 nitrogen and oxygen atoms in total. The summed E-state index contributed by atoms with van der Waals surface area (Å²) in [6.45, 7) is 5.47. The average molecular weight is 488 g/mol. The third-order valence-electron chi connectivity index (χ3n) is 5.34. The Balaban J connectivity index is 1.71. The van der Waals surface area contributed by atoms with Gasteiger partial charge in [0.05, 0.1) is 49.6 Å². The van der Waals surface area contributed by atoms with Crippen molar-refractivity contribution in [2.24, 2.45) is 0 Å². The van der Waals surface area contributed by atoms with Crippen molar-refractivity contribution < 1.29 is 38.2 Å². The number of ether oxygens (including phenoxy) is 3. The van der Waals surface area contributed by atoms with Gasteiger partial charge in [0.2, 0.25) is 5.91 Å². The van der Waals surface area contributed by atoms with Crippen LogP contribution in [0.4, 0.5) is 5.69 Å². The highest BCUT2D eigenvalue weighted by molar-refractivity contribution is 6.15. The van der Waals surface area contributed by atoms with E-state index < -0.39 is 11.9 Å². The molecule has 3 N–H and O–H groups in total. The first kappa shape index (κ1) is 25.9. The molecule has 35 heavy (non-hydrogen) atoms. The van der Waals surface area contributed by atoms with E-state index in [0.29, 0.717) is 36.4 Å². The number of esters is 3. The van der Waals surface area contributed by atoms with Crippen molar-refractivity contribution in [3.05, 3.63) is 41.0 Å². The number of anilines is 1. The molecule has 1 amide bonds. The number of nitrogens with two attached hydrogens (primary N) is 1. The van der Waals surface area contributed by atoms with Crippen LogP contribution in [-0.2, 0) is 35.1 Å². The highest BCUT2D eigenvalue weighted by Gasteiger charge is 2.30. The molecule has 0 bridgehead atoms. The molecular formula is C24H29N3O8. The van der Waals surface area contributed by atoms with E-state index >= 15 is 0 Å². The number of fused-ring (bicyclic) bond motifs is 1. The van der Waals surface area contributed by atoms with Gasteiger partial charge in [-0.1, -0.05) is 24.3 Å². The molecule has 3 rings (SSSR count). The zero-order valence-corrected chi connectivity index (χ0v) is 19.8. The van der Waals surface area contributed by atoms with E-state index in [9.17, 15) is 19.2 Å². The lowest BCUT2D eigenvalue weighted by Crippen LogP contribution is -2.42. The third kappa shape index (κ3) is 6.46. The standard InChI is InChI=1S/C24H29N3O8/c1-3-32-23(30)20-16-7-5-15(6-8-17(16)21(22(20)25)24(31)33-4-2)13-18(28)26-35-12-10-27-9-11-34-19(29)14-27/h5-8H,3-4,9-14,25H2,1-2H3,(H,26,28). The molecule has 1 aliphatic heterocycles. The maximum Gasteiger partial charge on any atom is 0.340 e. The van der Waals surface area contributed by atoms with Crippen LogP contribution >= 0.6 is 0 Å². The van der Waals surface area contributed by atoms with Gasteiger partial charge in [0.25, 0.3) is 0 Å². The van der Waals surface area contributed by atoms with Crippen molar-refractivity contribution in [3.8, 4) is 11.1 Å². The topological polar surface area (TPSA) is 146 Å². The molecule has 1 heterocycles. The monoisotopic (exact) mass is 487 g/mol. The molecule has 0 radical (unpaired) electrons. The molecule has 2 aliphatic carbocycles. The van der Waals surface area contributed by atoms with Crippen LogP contribution in [0.3, 0.4) is 0 Å². The summed E-state index contributed by atoms with van der Waals surface area (Å²) in [6.07, 6.45) is -0.00766.